The third kappa shape index (κ3) is 2.27. The second-order valence-corrected chi connectivity index (χ2v) is 4.69. The number of halogens is 3. The Bertz CT molecular complexity index is 677. The molecule has 0 saturated heterocycles. The van der Waals surface area contributed by atoms with E-state index in [1.165, 1.54) is 34.0 Å². The third-order valence-electron chi connectivity index (χ3n) is 3.32. The largest absolute Gasteiger partial charge is 0.416 e. The Kier molecular flexibility index (Phi) is 2.98. The molecule has 1 aromatic carbocycles. The Morgan fingerprint density at radius 3 is 2.48 bits per heavy atom. The van der Waals surface area contributed by atoms with Gasteiger partial charge >= 0.3 is 6.18 Å². The zero-order chi connectivity index (χ0) is 15.2. The van der Waals surface area contributed by atoms with Crippen LogP contribution in [0.25, 0.3) is 0 Å². The van der Waals surface area contributed by atoms with Gasteiger partial charge in [0.05, 0.1) is 12.1 Å². The van der Waals surface area contributed by atoms with E-state index in [1.54, 1.807) is 0 Å². The van der Waals surface area contributed by atoms with Crippen molar-refractivity contribution in [3.63, 3.8) is 0 Å². The molecule has 0 radical (unpaired) electrons. The van der Waals surface area contributed by atoms with Crippen LogP contribution in [0.5, 0.6) is 0 Å². The Labute approximate surface area is 117 Å². The lowest BCUT2D eigenvalue weighted by Crippen LogP contribution is -2.46. The van der Waals surface area contributed by atoms with Crippen LogP contribution in [0.4, 0.5) is 18.9 Å². The van der Waals surface area contributed by atoms with Gasteiger partial charge in [0.15, 0.2) is 0 Å². The molecule has 0 saturated carbocycles. The van der Waals surface area contributed by atoms with Gasteiger partial charge in [-0.2, -0.15) is 18.3 Å². The Morgan fingerprint density at radius 1 is 1.19 bits per heavy atom. The van der Waals surface area contributed by atoms with Gasteiger partial charge in [0.2, 0.25) is 0 Å². The molecule has 2 N–H and O–H groups in total. The molecule has 0 spiro atoms. The monoisotopic (exact) mass is 296 g/mol. The fourth-order valence-electron chi connectivity index (χ4n) is 2.29. The van der Waals surface area contributed by atoms with Gasteiger partial charge in [-0.1, -0.05) is 0 Å². The molecule has 2 aromatic rings. The lowest BCUT2D eigenvalue weighted by molar-refractivity contribution is -0.137. The van der Waals surface area contributed by atoms with Gasteiger partial charge in [-0.15, -0.1) is 0 Å². The summed E-state index contributed by atoms with van der Waals surface area (Å²) in [6.07, 6.45) is -3.47. The highest BCUT2D eigenvalue weighted by Crippen LogP contribution is 2.31. The number of rotatable bonds is 1. The van der Waals surface area contributed by atoms with Gasteiger partial charge in [0, 0.05) is 11.9 Å². The number of nitrogens with two attached hydrogens (primary N) is 1. The van der Waals surface area contributed by atoms with E-state index < -0.39 is 17.9 Å². The third-order valence-corrected chi connectivity index (χ3v) is 3.32. The van der Waals surface area contributed by atoms with Crippen molar-refractivity contribution in [2.24, 2.45) is 5.73 Å². The van der Waals surface area contributed by atoms with Crippen molar-refractivity contribution < 1.29 is 18.0 Å². The zero-order valence-electron chi connectivity index (χ0n) is 10.7. The zero-order valence-corrected chi connectivity index (χ0v) is 10.7. The first-order valence-electron chi connectivity index (χ1n) is 6.16. The van der Waals surface area contributed by atoms with Crippen molar-refractivity contribution >= 4 is 11.6 Å². The van der Waals surface area contributed by atoms with Crippen molar-refractivity contribution in [3.8, 4) is 0 Å². The molecule has 8 heteroatoms. The van der Waals surface area contributed by atoms with Crippen molar-refractivity contribution in [1.29, 1.82) is 0 Å². The predicted octanol–water partition coefficient (Wildman–Crippen LogP) is 2.02. The maximum absolute atomic E-state index is 12.5. The summed E-state index contributed by atoms with van der Waals surface area (Å²) in [6.45, 7) is 0.152. The molecule has 2 heterocycles. The first kappa shape index (κ1) is 13.6. The van der Waals surface area contributed by atoms with Gasteiger partial charge in [-0.05, 0) is 30.3 Å². The van der Waals surface area contributed by atoms with E-state index in [1.807, 2.05) is 0 Å². The fraction of sp³-hybridized carbons (Fsp3) is 0.231. The van der Waals surface area contributed by atoms with Crippen LogP contribution >= 0.6 is 0 Å². The summed E-state index contributed by atoms with van der Waals surface area (Å²) in [6, 6.07) is 5.94. The summed E-state index contributed by atoms with van der Waals surface area (Å²) >= 11 is 0. The van der Waals surface area contributed by atoms with Crippen molar-refractivity contribution in [1.82, 2.24) is 9.78 Å². The number of carbonyl (C=O) groups excluding carboxylic acids is 1. The second kappa shape index (κ2) is 4.59. The number of hydrogen-bond acceptors (Lipinski definition) is 3. The van der Waals surface area contributed by atoms with Gasteiger partial charge in [0.25, 0.3) is 5.91 Å². The highest BCUT2D eigenvalue weighted by atomic mass is 19.4. The molecule has 0 unspecified atom stereocenters. The summed E-state index contributed by atoms with van der Waals surface area (Å²) in [4.78, 5) is 13.6. The topological polar surface area (TPSA) is 64.2 Å². The summed E-state index contributed by atoms with van der Waals surface area (Å²) in [7, 11) is 0. The molecule has 1 aromatic heterocycles. The van der Waals surface area contributed by atoms with Crippen LogP contribution in [0.15, 0.2) is 36.5 Å². The Balaban J connectivity index is 1.93. The molecule has 1 atom stereocenters. The molecule has 1 aliphatic heterocycles. The normalized spacial score (nSPS) is 18.8. The SMILES string of the molecule is N[C@H]1CN(c2ccc(C(F)(F)F)cc2)C(=O)c2ccnn21. The van der Waals surface area contributed by atoms with Crippen molar-refractivity contribution in [3.05, 3.63) is 47.8 Å². The van der Waals surface area contributed by atoms with Crippen LogP contribution in [-0.4, -0.2) is 22.2 Å². The van der Waals surface area contributed by atoms with Gasteiger partial charge < -0.3 is 10.6 Å². The Hall–Kier alpha value is -2.35. The van der Waals surface area contributed by atoms with Crippen molar-refractivity contribution in [2.45, 2.75) is 12.3 Å². The summed E-state index contributed by atoms with van der Waals surface area (Å²) in [5.74, 6) is -0.339. The van der Waals surface area contributed by atoms with E-state index in [2.05, 4.69) is 5.10 Å². The van der Waals surface area contributed by atoms with E-state index in [0.29, 0.717) is 11.4 Å². The highest BCUT2D eigenvalue weighted by molar-refractivity contribution is 6.05. The summed E-state index contributed by atoms with van der Waals surface area (Å²) < 4.78 is 39.0. The number of benzene rings is 1. The first-order chi connectivity index (χ1) is 9.88. The summed E-state index contributed by atoms with van der Waals surface area (Å²) in [5.41, 5.74) is 5.83. The molecule has 1 aliphatic rings. The van der Waals surface area contributed by atoms with Crippen molar-refractivity contribution in [2.75, 3.05) is 11.4 Å². The molecule has 0 fully saturated rings. The number of fused-ring (bicyclic) bond motifs is 1. The lowest BCUT2D eigenvalue weighted by Gasteiger charge is -2.31. The minimum atomic E-state index is -4.40. The van der Waals surface area contributed by atoms with Crippen LogP contribution in [0.1, 0.15) is 22.2 Å². The average Bonchev–Trinajstić information content (AvgIpc) is 2.92. The number of nitrogens with zero attached hydrogens (tertiary/aromatic N) is 3. The van der Waals surface area contributed by atoms with Crippen LogP contribution in [0.2, 0.25) is 0 Å². The molecule has 0 aliphatic carbocycles. The molecule has 1 amide bonds. The van der Waals surface area contributed by atoms with E-state index in [9.17, 15) is 18.0 Å². The molecule has 0 bridgehead atoms. The fourth-order valence-corrected chi connectivity index (χ4v) is 2.29. The van der Waals surface area contributed by atoms with Crippen LogP contribution in [0.3, 0.4) is 0 Å². The number of hydrogen-bond donors (Lipinski definition) is 1. The maximum Gasteiger partial charge on any atom is 0.416 e. The van der Waals surface area contributed by atoms with E-state index in [4.69, 9.17) is 5.73 Å². The highest BCUT2D eigenvalue weighted by Gasteiger charge is 2.33. The maximum atomic E-state index is 12.5. The molecular formula is C13H11F3N4O. The standard InChI is InChI=1S/C13H11F3N4O/c14-13(15,16)8-1-3-9(4-2-8)19-7-11(17)20-10(12(19)21)5-6-18-20/h1-6,11H,7,17H2/t11-/m1/s1. The molecule has 5 nitrogen and oxygen atoms in total. The van der Waals surface area contributed by atoms with Gasteiger partial charge in [-0.3, -0.25) is 4.79 Å². The van der Waals surface area contributed by atoms with Crippen LogP contribution < -0.4 is 10.6 Å². The van der Waals surface area contributed by atoms with Gasteiger partial charge in [-0.25, -0.2) is 4.68 Å². The number of alkyl halides is 3. The lowest BCUT2D eigenvalue weighted by atomic mass is 10.1. The van der Waals surface area contributed by atoms with E-state index in [0.717, 1.165) is 12.1 Å². The molecule has 21 heavy (non-hydrogen) atoms. The number of carbonyl (C=O) groups is 1. The molecular weight excluding hydrogens is 285 g/mol. The van der Waals surface area contributed by atoms with Crippen LogP contribution in [-0.2, 0) is 6.18 Å². The Morgan fingerprint density at radius 2 is 1.86 bits per heavy atom. The number of aromatic nitrogens is 2. The summed E-state index contributed by atoms with van der Waals surface area (Å²) in [5, 5.41) is 3.96. The molecule has 3 rings (SSSR count). The van der Waals surface area contributed by atoms with E-state index >= 15 is 0 Å². The first-order valence-corrected chi connectivity index (χ1v) is 6.16. The van der Waals surface area contributed by atoms with E-state index in [-0.39, 0.29) is 12.5 Å². The minimum Gasteiger partial charge on any atom is -0.308 e. The number of amides is 1. The number of anilines is 1. The second-order valence-electron chi connectivity index (χ2n) is 4.69. The van der Waals surface area contributed by atoms with Crippen LogP contribution in [0, 0.1) is 0 Å². The predicted molar refractivity (Wildman–Crippen MR) is 68.6 cm³/mol. The smallest absolute Gasteiger partial charge is 0.308 e. The quantitative estimate of drug-likeness (QED) is 0.875. The van der Waals surface area contributed by atoms with Gasteiger partial charge in [0.1, 0.15) is 11.9 Å². The average molecular weight is 296 g/mol. The minimum absolute atomic E-state index is 0.152. The molecule has 110 valence electrons.